The predicted molar refractivity (Wildman–Crippen MR) is 119 cm³/mol. The zero-order valence-corrected chi connectivity index (χ0v) is 17.6. The van der Waals surface area contributed by atoms with E-state index in [1.807, 2.05) is 36.4 Å². The molecule has 1 amide bonds. The van der Waals surface area contributed by atoms with Gasteiger partial charge in [0.25, 0.3) is 0 Å². The third kappa shape index (κ3) is 4.03. The summed E-state index contributed by atoms with van der Waals surface area (Å²) in [7, 11) is 0. The number of primary amides is 1. The van der Waals surface area contributed by atoms with E-state index in [1.165, 1.54) is 0 Å². The van der Waals surface area contributed by atoms with Crippen LogP contribution in [0.4, 0.5) is 11.8 Å². The molecule has 3 N–H and O–H groups in total. The number of fused-ring (bicyclic) bond motifs is 2. The fourth-order valence-electron chi connectivity index (χ4n) is 3.97. The van der Waals surface area contributed by atoms with E-state index in [-0.39, 0.29) is 18.6 Å². The van der Waals surface area contributed by atoms with Crippen LogP contribution in [0.1, 0.15) is 18.4 Å². The van der Waals surface area contributed by atoms with Crippen molar-refractivity contribution in [3.63, 3.8) is 0 Å². The maximum atomic E-state index is 11.5. The number of carbonyl (C=O) groups is 1. The normalized spacial score (nSPS) is 16.0. The lowest BCUT2D eigenvalue weighted by atomic mass is 9.96. The average molecular weight is 440 g/mol. The molecular formula is C22H22ClN5O3. The molecule has 1 fully saturated rings. The number of carbonyl (C=O) groups excluding carboxylic acids is 1. The van der Waals surface area contributed by atoms with Gasteiger partial charge in [-0.1, -0.05) is 17.7 Å². The van der Waals surface area contributed by atoms with Crippen LogP contribution in [0.25, 0.3) is 10.9 Å². The average Bonchev–Trinajstić information content (AvgIpc) is 3.25. The Morgan fingerprint density at radius 3 is 2.74 bits per heavy atom. The summed E-state index contributed by atoms with van der Waals surface area (Å²) in [5, 5.41) is 4.90. The standard InChI is InChI=1S/C22H22ClN5O3/c23-15-2-3-17-16(10-15)21(25-11-13-1-4-18-19(9-13)31-12-30-18)27-22(26-17)28-7-5-14(6-8-28)20(24)29/h1-4,9-10,14H,5-8,11-12H2,(H2,24,29)(H,25,26,27). The molecule has 0 aliphatic carbocycles. The maximum Gasteiger partial charge on any atom is 0.231 e. The molecule has 2 aliphatic heterocycles. The Labute approximate surface area is 184 Å². The van der Waals surface area contributed by atoms with Gasteiger partial charge in [-0.25, -0.2) is 4.98 Å². The van der Waals surface area contributed by atoms with Crippen LogP contribution in [0.3, 0.4) is 0 Å². The minimum absolute atomic E-state index is 0.0842. The van der Waals surface area contributed by atoms with Crippen molar-refractivity contribution in [3.8, 4) is 11.5 Å². The molecule has 1 saturated heterocycles. The molecule has 2 aromatic carbocycles. The maximum absolute atomic E-state index is 11.5. The summed E-state index contributed by atoms with van der Waals surface area (Å²) in [6.07, 6.45) is 1.41. The van der Waals surface area contributed by atoms with Gasteiger partial charge in [0.15, 0.2) is 11.5 Å². The van der Waals surface area contributed by atoms with Crippen LogP contribution in [-0.4, -0.2) is 35.8 Å². The van der Waals surface area contributed by atoms with Crippen molar-refractivity contribution in [1.29, 1.82) is 0 Å². The zero-order valence-electron chi connectivity index (χ0n) is 16.8. The van der Waals surface area contributed by atoms with Crippen LogP contribution in [0.5, 0.6) is 11.5 Å². The molecule has 8 nitrogen and oxygen atoms in total. The Morgan fingerprint density at radius 2 is 1.94 bits per heavy atom. The first-order chi connectivity index (χ1) is 15.1. The third-order valence-electron chi connectivity index (χ3n) is 5.72. The fourth-order valence-corrected chi connectivity index (χ4v) is 4.14. The molecule has 0 spiro atoms. The van der Waals surface area contributed by atoms with Crippen LogP contribution in [-0.2, 0) is 11.3 Å². The highest BCUT2D eigenvalue weighted by molar-refractivity contribution is 6.31. The van der Waals surface area contributed by atoms with Gasteiger partial charge in [0.05, 0.1) is 5.52 Å². The molecule has 3 heterocycles. The van der Waals surface area contributed by atoms with Crippen LogP contribution in [0.2, 0.25) is 5.02 Å². The highest BCUT2D eigenvalue weighted by Crippen LogP contribution is 2.33. The topological polar surface area (TPSA) is 103 Å². The molecular weight excluding hydrogens is 418 g/mol. The Morgan fingerprint density at radius 1 is 1.13 bits per heavy atom. The number of rotatable bonds is 5. The lowest BCUT2D eigenvalue weighted by Gasteiger charge is -2.31. The van der Waals surface area contributed by atoms with Gasteiger partial charge in [-0.2, -0.15) is 4.98 Å². The molecule has 0 bridgehead atoms. The molecule has 5 rings (SSSR count). The molecule has 0 saturated carbocycles. The van der Waals surface area contributed by atoms with Crippen molar-refractivity contribution >= 4 is 40.2 Å². The van der Waals surface area contributed by atoms with Crippen molar-refractivity contribution in [3.05, 3.63) is 47.0 Å². The van der Waals surface area contributed by atoms with E-state index in [0.717, 1.165) is 28.0 Å². The number of benzene rings is 2. The number of aromatic nitrogens is 2. The first kappa shape index (κ1) is 19.7. The molecule has 2 aliphatic rings. The minimum atomic E-state index is -0.236. The van der Waals surface area contributed by atoms with Crippen molar-refractivity contribution in [2.24, 2.45) is 11.7 Å². The van der Waals surface area contributed by atoms with Gasteiger partial charge in [-0.3, -0.25) is 4.79 Å². The van der Waals surface area contributed by atoms with Crippen molar-refractivity contribution in [2.75, 3.05) is 30.1 Å². The quantitative estimate of drug-likeness (QED) is 0.628. The van der Waals surface area contributed by atoms with Gasteiger partial charge in [-0.05, 0) is 48.7 Å². The molecule has 0 radical (unpaired) electrons. The first-order valence-corrected chi connectivity index (χ1v) is 10.6. The van der Waals surface area contributed by atoms with Gasteiger partial charge >= 0.3 is 0 Å². The molecule has 1 aromatic heterocycles. The lowest BCUT2D eigenvalue weighted by molar-refractivity contribution is -0.122. The van der Waals surface area contributed by atoms with Gasteiger partial charge in [0.2, 0.25) is 18.6 Å². The summed E-state index contributed by atoms with van der Waals surface area (Å²) >= 11 is 6.24. The summed E-state index contributed by atoms with van der Waals surface area (Å²) < 4.78 is 10.8. The van der Waals surface area contributed by atoms with Crippen LogP contribution in [0, 0.1) is 5.92 Å². The number of ether oxygens (including phenoxy) is 2. The van der Waals surface area contributed by atoms with Crippen molar-refractivity contribution < 1.29 is 14.3 Å². The zero-order chi connectivity index (χ0) is 21.4. The van der Waals surface area contributed by atoms with Gasteiger partial charge in [-0.15, -0.1) is 0 Å². The summed E-state index contributed by atoms with van der Waals surface area (Å²) in [5.74, 6) is 2.51. The van der Waals surface area contributed by atoms with Crippen LogP contribution in [0.15, 0.2) is 36.4 Å². The van der Waals surface area contributed by atoms with E-state index in [9.17, 15) is 4.79 Å². The summed E-state index contributed by atoms with van der Waals surface area (Å²) in [6.45, 7) is 2.18. The highest BCUT2D eigenvalue weighted by atomic mass is 35.5. The van der Waals surface area contributed by atoms with E-state index >= 15 is 0 Å². The van der Waals surface area contributed by atoms with E-state index in [2.05, 4.69) is 10.2 Å². The Hall–Kier alpha value is -3.26. The summed E-state index contributed by atoms with van der Waals surface area (Å²) in [6, 6.07) is 11.4. The Balaban J connectivity index is 1.42. The van der Waals surface area contributed by atoms with Crippen molar-refractivity contribution in [2.45, 2.75) is 19.4 Å². The first-order valence-electron chi connectivity index (χ1n) is 10.2. The van der Waals surface area contributed by atoms with Crippen LogP contribution >= 0.6 is 11.6 Å². The second kappa shape index (κ2) is 8.11. The molecule has 0 unspecified atom stereocenters. The summed E-state index contributed by atoms with van der Waals surface area (Å²) in [5.41, 5.74) is 7.31. The number of anilines is 2. The number of hydrogen-bond donors (Lipinski definition) is 2. The number of nitrogens with one attached hydrogen (secondary N) is 1. The minimum Gasteiger partial charge on any atom is -0.454 e. The molecule has 3 aromatic rings. The van der Waals surface area contributed by atoms with E-state index in [4.69, 9.17) is 36.8 Å². The third-order valence-corrected chi connectivity index (χ3v) is 5.96. The Bertz CT molecular complexity index is 1150. The molecule has 0 atom stereocenters. The highest BCUT2D eigenvalue weighted by Gasteiger charge is 2.25. The predicted octanol–water partition coefficient (Wildman–Crippen LogP) is 3.33. The van der Waals surface area contributed by atoms with Crippen LogP contribution < -0.4 is 25.4 Å². The fraction of sp³-hybridized carbons (Fsp3) is 0.318. The molecule has 160 valence electrons. The van der Waals surface area contributed by atoms with Crippen molar-refractivity contribution in [1.82, 2.24) is 9.97 Å². The van der Waals surface area contributed by atoms with Gasteiger partial charge < -0.3 is 25.4 Å². The monoisotopic (exact) mass is 439 g/mol. The molecule has 31 heavy (non-hydrogen) atoms. The van der Waals surface area contributed by atoms with E-state index in [1.54, 1.807) is 0 Å². The second-order valence-corrected chi connectivity index (χ2v) is 8.17. The number of nitrogens with two attached hydrogens (primary N) is 1. The van der Waals surface area contributed by atoms with Gasteiger partial charge in [0.1, 0.15) is 5.82 Å². The SMILES string of the molecule is NC(=O)C1CCN(c2nc(NCc3ccc4c(c3)OCO4)c3cc(Cl)ccc3n2)CC1. The molecule has 9 heteroatoms. The number of amides is 1. The van der Waals surface area contributed by atoms with E-state index < -0.39 is 0 Å². The number of piperidine rings is 1. The van der Waals surface area contributed by atoms with E-state index in [0.29, 0.717) is 49.3 Å². The Kier molecular flexibility index (Phi) is 5.15. The lowest BCUT2D eigenvalue weighted by Crippen LogP contribution is -2.39. The largest absolute Gasteiger partial charge is 0.454 e. The smallest absolute Gasteiger partial charge is 0.231 e. The number of nitrogens with zero attached hydrogens (tertiary/aromatic N) is 3. The van der Waals surface area contributed by atoms with Gasteiger partial charge in [0, 0.05) is 36.0 Å². The number of hydrogen-bond acceptors (Lipinski definition) is 7. The second-order valence-electron chi connectivity index (χ2n) is 7.74. The number of halogens is 1. The summed E-state index contributed by atoms with van der Waals surface area (Å²) in [4.78, 5) is 23.1.